The molecule has 0 atom stereocenters. The van der Waals surface area contributed by atoms with Crippen LogP contribution < -0.4 is 10.7 Å². The van der Waals surface area contributed by atoms with Crippen LogP contribution in [0.4, 0.5) is 0 Å². The monoisotopic (exact) mass is 457 g/mol. The lowest BCUT2D eigenvalue weighted by atomic mass is 10.2. The molecule has 1 amide bonds. The molecule has 1 aromatic heterocycles. The number of sulfonamides is 1. The Labute approximate surface area is 182 Å². The number of halogens is 1. The fourth-order valence-electron chi connectivity index (χ4n) is 2.69. The normalized spacial score (nSPS) is 11.7. The van der Waals surface area contributed by atoms with Gasteiger partial charge in [-0.1, -0.05) is 37.8 Å². The molecule has 0 saturated heterocycles. The highest BCUT2D eigenvalue weighted by Gasteiger charge is 2.24. The molecule has 0 aliphatic rings. The van der Waals surface area contributed by atoms with Crippen LogP contribution in [0.25, 0.3) is 0 Å². The van der Waals surface area contributed by atoms with Crippen molar-refractivity contribution >= 4 is 38.9 Å². The van der Waals surface area contributed by atoms with Crippen LogP contribution in [0.1, 0.15) is 54.8 Å². The molecule has 0 unspecified atom stereocenters. The van der Waals surface area contributed by atoms with Gasteiger partial charge in [0.2, 0.25) is 0 Å². The van der Waals surface area contributed by atoms with Crippen molar-refractivity contribution in [3.8, 4) is 0 Å². The van der Waals surface area contributed by atoms with E-state index >= 15 is 0 Å². The third kappa shape index (κ3) is 7.08. The summed E-state index contributed by atoms with van der Waals surface area (Å²) in [6.07, 6.45) is 4.31. The van der Waals surface area contributed by atoms with Gasteiger partial charge in [-0.25, -0.2) is 13.8 Å². The summed E-state index contributed by atoms with van der Waals surface area (Å²) in [4.78, 5) is 13.0. The predicted molar refractivity (Wildman–Crippen MR) is 119 cm³/mol. The number of hydrogen-bond donors (Lipinski definition) is 2. The van der Waals surface area contributed by atoms with Gasteiger partial charge in [0.1, 0.15) is 4.21 Å². The molecule has 1 aromatic carbocycles. The third-order valence-corrected chi connectivity index (χ3v) is 7.94. The van der Waals surface area contributed by atoms with Gasteiger partial charge >= 0.3 is 0 Å². The lowest BCUT2D eigenvalue weighted by Gasteiger charge is -2.20. The molecular weight excluding hydrogens is 430 g/mol. The zero-order valence-corrected chi connectivity index (χ0v) is 19.2. The molecule has 9 heteroatoms. The van der Waals surface area contributed by atoms with E-state index in [1.54, 1.807) is 43.3 Å². The van der Waals surface area contributed by atoms with Crippen LogP contribution in [0, 0.1) is 0 Å². The van der Waals surface area contributed by atoms with E-state index in [0.717, 1.165) is 30.6 Å². The SMILES string of the molecule is CCCCCCNN(CC)S(=O)(=O)c1ccc(CNC(=O)c2ccc(Cl)cc2)s1. The standard InChI is InChI=1S/C20H28ClN3O3S2/c1-3-5-6-7-14-23-24(4-2)29(26,27)19-13-12-18(28-19)15-22-20(25)16-8-10-17(21)11-9-16/h8-13,23H,3-7,14-15H2,1-2H3,(H,22,25). The highest BCUT2D eigenvalue weighted by atomic mass is 35.5. The second-order valence-electron chi connectivity index (χ2n) is 6.55. The number of carbonyl (C=O) groups is 1. The minimum absolute atomic E-state index is 0.233. The summed E-state index contributed by atoms with van der Waals surface area (Å²) in [7, 11) is -3.61. The summed E-state index contributed by atoms with van der Waals surface area (Å²) < 4.78 is 27.3. The van der Waals surface area contributed by atoms with Crippen molar-refractivity contribution in [1.82, 2.24) is 15.2 Å². The van der Waals surface area contributed by atoms with Crippen LogP contribution in [0.3, 0.4) is 0 Å². The first-order valence-electron chi connectivity index (χ1n) is 9.77. The Morgan fingerprint density at radius 3 is 2.45 bits per heavy atom. The van der Waals surface area contributed by atoms with E-state index < -0.39 is 10.0 Å². The first-order valence-corrected chi connectivity index (χ1v) is 12.4. The van der Waals surface area contributed by atoms with Crippen LogP contribution >= 0.6 is 22.9 Å². The third-order valence-electron chi connectivity index (χ3n) is 4.32. The summed E-state index contributed by atoms with van der Waals surface area (Å²) in [6, 6.07) is 9.92. The Balaban J connectivity index is 1.94. The number of benzene rings is 1. The second kappa shape index (κ2) is 11.7. The molecular formula is C20H28ClN3O3S2. The molecule has 0 saturated carbocycles. The van der Waals surface area contributed by atoms with E-state index in [2.05, 4.69) is 17.7 Å². The Morgan fingerprint density at radius 1 is 1.07 bits per heavy atom. The molecule has 6 nitrogen and oxygen atoms in total. The topological polar surface area (TPSA) is 78.5 Å². The molecule has 160 valence electrons. The molecule has 0 spiro atoms. The van der Waals surface area contributed by atoms with Gasteiger partial charge in [-0.15, -0.1) is 15.8 Å². The zero-order valence-electron chi connectivity index (χ0n) is 16.8. The van der Waals surface area contributed by atoms with Crippen molar-refractivity contribution in [2.24, 2.45) is 0 Å². The number of unbranched alkanes of at least 4 members (excludes halogenated alkanes) is 3. The van der Waals surface area contributed by atoms with Crippen LogP contribution in [-0.4, -0.2) is 31.8 Å². The van der Waals surface area contributed by atoms with Gasteiger partial charge in [0.15, 0.2) is 0 Å². The van der Waals surface area contributed by atoms with Gasteiger partial charge in [-0.3, -0.25) is 4.79 Å². The fraction of sp³-hybridized carbons (Fsp3) is 0.450. The lowest BCUT2D eigenvalue weighted by Crippen LogP contribution is -2.42. The van der Waals surface area contributed by atoms with E-state index in [-0.39, 0.29) is 16.7 Å². The summed E-state index contributed by atoms with van der Waals surface area (Å²) in [5, 5.41) is 3.36. The average Bonchev–Trinajstić information content (AvgIpc) is 3.19. The van der Waals surface area contributed by atoms with Crippen molar-refractivity contribution in [3.05, 3.63) is 51.9 Å². The van der Waals surface area contributed by atoms with Gasteiger partial charge in [0.25, 0.3) is 15.9 Å². The maximum absolute atomic E-state index is 12.9. The van der Waals surface area contributed by atoms with E-state index in [0.29, 0.717) is 23.7 Å². The van der Waals surface area contributed by atoms with Gasteiger partial charge in [-0.2, -0.15) is 0 Å². The molecule has 2 aromatic rings. The van der Waals surface area contributed by atoms with E-state index in [1.807, 2.05) is 0 Å². The Hall–Kier alpha value is -1.45. The number of thiophene rings is 1. The molecule has 2 N–H and O–H groups in total. The molecule has 0 bridgehead atoms. The largest absolute Gasteiger partial charge is 0.347 e. The Bertz CT molecular complexity index is 883. The lowest BCUT2D eigenvalue weighted by molar-refractivity contribution is 0.0951. The quantitative estimate of drug-likeness (QED) is 0.365. The van der Waals surface area contributed by atoms with Crippen molar-refractivity contribution in [2.45, 2.75) is 50.3 Å². The zero-order chi connectivity index (χ0) is 21.3. The molecule has 0 fully saturated rings. The van der Waals surface area contributed by atoms with Crippen LogP contribution in [0.15, 0.2) is 40.6 Å². The average molecular weight is 458 g/mol. The van der Waals surface area contributed by atoms with Crippen molar-refractivity contribution in [1.29, 1.82) is 0 Å². The number of carbonyl (C=O) groups excluding carboxylic acids is 1. The van der Waals surface area contributed by atoms with Crippen molar-refractivity contribution in [2.75, 3.05) is 13.1 Å². The highest BCUT2D eigenvalue weighted by molar-refractivity contribution is 7.91. The van der Waals surface area contributed by atoms with Gasteiger partial charge in [-0.05, 0) is 49.7 Å². The number of rotatable bonds is 12. The second-order valence-corrected chi connectivity index (χ2v) is 10.2. The van der Waals surface area contributed by atoms with Gasteiger partial charge in [0.05, 0.1) is 6.54 Å². The summed E-state index contributed by atoms with van der Waals surface area (Å²) in [5.41, 5.74) is 3.53. The Kier molecular flexibility index (Phi) is 9.58. The summed E-state index contributed by atoms with van der Waals surface area (Å²) >= 11 is 7.00. The van der Waals surface area contributed by atoms with Crippen LogP contribution in [-0.2, 0) is 16.6 Å². The molecule has 0 aliphatic heterocycles. The molecule has 0 aliphatic carbocycles. The summed E-state index contributed by atoms with van der Waals surface area (Å²) in [6.45, 7) is 5.18. The van der Waals surface area contributed by atoms with E-state index in [4.69, 9.17) is 11.6 Å². The summed E-state index contributed by atoms with van der Waals surface area (Å²) in [5.74, 6) is -0.233. The number of hydrogen-bond acceptors (Lipinski definition) is 5. The first kappa shape index (κ1) is 23.8. The molecule has 1 heterocycles. The van der Waals surface area contributed by atoms with Crippen LogP contribution in [0.5, 0.6) is 0 Å². The van der Waals surface area contributed by atoms with E-state index in [9.17, 15) is 13.2 Å². The number of hydrazine groups is 1. The van der Waals surface area contributed by atoms with E-state index in [1.165, 1.54) is 15.8 Å². The highest BCUT2D eigenvalue weighted by Crippen LogP contribution is 2.24. The maximum Gasteiger partial charge on any atom is 0.265 e. The minimum Gasteiger partial charge on any atom is -0.347 e. The van der Waals surface area contributed by atoms with Crippen molar-refractivity contribution < 1.29 is 13.2 Å². The van der Waals surface area contributed by atoms with Crippen molar-refractivity contribution in [3.63, 3.8) is 0 Å². The molecule has 0 radical (unpaired) electrons. The first-order chi connectivity index (χ1) is 13.9. The molecule has 29 heavy (non-hydrogen) atoms. The fourth-order valence-corrected chi connectivity index (χ4v) is 5.57. The number of nitrogens with one attached hydrogen (secondary N) is 2. The van der Waals surface area contributed by atoms with Gasteiger partial charge in [0, 0.05) is 28.6 Å². The predicted octanol–water partition coefficient (Wildman–Crippen LogP) is 4.43. The number of amides is 1. The Morgan fingerprint density at radius 2 is 1.79 bits per heavy atom. The maximum atomic E-state index is 12.9. The minimum atomic E-state index is -3.61. The smallest absolute Gasteiger partial charge is 0.265 e. The van der Waals surface area contributed by atoms with Gasteiger partial charge < -0.3 is 5.32 Å². The van der Waals surface area contributed by atoms with Crippen LogP contribution in [0.2, 0.25) is 5.02 Å². The number of nitrogens with zero attached hydrogens (tertiary/aromatic N) is 1. The molecule has 2 rings (SSSR count).